The van der Waals surface area contributed by atoms with Gasteiger partial charge in [0.1, 0.15) is 0 Å². The fourth-order valence-electron chi connectivity index (χ4n) is 1.82. The summed E-state index contributed by atoms with van der Waals surface area (Å²) in [7, 11) is -3.12. The van der Waals surface area contributed by atoms with E-state index in [0.29, 0.717) is 5.33 Å². The van der Waals surface area contributed by atoms with E-state index in [9.17, 15) is 8.42 Å². The molecule has 0 heterocycles. The molecule has 0 aromatic heterocycles. The minimum atomic E-state index is -3.12. The van der Waals surface area contributed by atoms with Crippen molar-refractivity contribution >= 4 is 26.0 Å². The molecule has 0 spiro atoms. The van der Waals surface area contributed by atoms with E-state index < -0.39 is 10.0 Å². The summed E-state index contributed by atoms with van der Waals surface area (Å²) in [5.74, 6) is 0. The zero-order valence-corrected chi connectivity index (χ0v) is 11.8. The van der Waals surface area contributed by atoms with E-state index in [-0.39, 0.29) is 10.8 Å². The Morgan fingerprint density at radius 1 is 1.40 bits per heavy atom. The number of rotatable bonds is 5. The highest BCUT2D eigenvalue weighted by molar-refractivity contribution is 9.09. The van der Waals surface area contributed by atoms with Gasteiger partial charge in [0.2, 0.25) is 10.0 Å². The molecule has 1 saturated carbocycles. The van der Waals surface area contributed by atoms with Crippen molar-refractivity contribution in [2.75, 3.05) is 5.33 Å². The maximum absolute atomic E-state index is 12.0. The normalized spacial score (nSPS) is 22.9. The van der Waals surface area contributed by atoms with E-state index in [4.69, 9.17) is 0 Å². The Morgan fingerprint density at radius 2 is 1.93 bits per heavy atom. The van der Waals surface area contributed by atoms with Gasteiger partial charge in [-0.1, -0.05) is 35.7 Å². The third kappa shape index (κ3) is 3.43. The highest BCUT2D eigenvalue weighted by Gasteiger charge is 2.34. The highest BCUT2D eigenvalue weighted by atomic mass is 79.9. The van der Waals surface area contributed by atoms with Gasteiger partial charge in [-0.3, -0.25) is 0 Å². The molecule has 90 valence electrons. The largest absolute Gasteiger partial charge is 0.215 e. The standard InChI is InChI=1S/C10H20BrNO2S/c1-3-10(2,8-11)12-15(13,14)9-6-4-5-7-9/h9,12H,3-8H2,1-2H3. The zero-order valence-electron chi connectivity index (χ0n) is 9.42. The molecule has 5 heteroatoms. The number of halogens is 1. The second-order valence-corrected chi connectivity index (χ2v) is 7.12. The van der Waals surface area contributed by atoms with Gasteiger partial charge in [-0.15, -0.1) is 0 Å². The topological polar surface area (TPSA) is 46.2 Å². The molecule has 0 aromatic carbocycles. The molecule has 0 aromatic rings. The Labute approximate surface area is 101 Å². The number of hydrogen-bond donors (Lipinski definition) is 1. The monoisotopic (exact) mass is 297 g/mol. The van der Waals surface area contributed by atoms with Crippen LogP contribution in [0.5, 0.6) is 0 Å². The third-order valence-corrected chi connectivity index (χ3v) is 6.57. The van der Waals surface area contributed by atoms with Crippen LogP contribution in [0.3, 0.4) is 0 Å². The summed E-state index contributed by atoms with van der Waals surface area (Å²) in [5, 5.41) is 0.491. The average Bonchev–Trinajstić information content (AvgIpc) is 2.70. The van der Waals surface area contributed by atoms with Gasteiger partial charge in [0.15, 0.2) is 0 Å². The summed E-state index contributed by atoms with van der Waals surface area (Å²) in [6.07, 6.45) is 4.52. The van der Waals surface area contributed by atoms with Crippen molar-refractivity contribution in [1.29, 1.82) is 0 Å². The lowest BCUT2D eigenvalue weighted by molar-refractivity contribution is 0.444. The Morgan fingerprint density at radius 3 is 2.33 bits per heavy atom. The van der Waals surface area contributed by atoms with E-state index in [1.807, 2.05) is 13.8 Å². The maximum atomic E-state index is 12.0. The minimum Gasteiger partial charge on any atom is -0.212 e. The van der Waals surface area contributed by atoms with E-state index in [1.54, 1.807) is 0 Å². The van der Waals surface area contributed by atoms with Gasteiger partial charge >= 0.3 is 0 Å². The summed E-state index contributed by atoms with van der Waals surface area (Å²) in [4.78, 5) is 0. The van der Waals surface area contributed by atoms with Crippen LogP contribution in [-0.2, 0) is 10.0 Å². The lowest BCUT2D eigenvalue weighted by atomic mass is 10.0. The molecule has 1 rings (SSSR count). The number of hydrogen-bond acceptors (Lipinski definition) is 2. The Bertz CT molecular complexity index is 293. The van der Waals surface area contributed by atoms with Crippen molar-refractivity contribution in [2.24, 2.45) is 0 Å². The number of sulfonamides is 1. The first-order chi connectivity index (χ1) is 6.93. The van der Waals surface area contributed by atoms with E-state index in [0.717, 1.165) is 32.1 Å². The molecule has 1 fully saturated rings. The number of alkyl halides is 1. The van der Waals surface area contributed by atoms with Gasteiger partial charge in [0, 0.05) is 10.9 Å². The van der Waals surface area contributed by atoms with Crippen molar-refractivity contribution in [1.82, 2.24) is 4.72 Å². The first kappa shape index (κ1) is 13.5. The summed E-state index contributed by atoms with van der Waals surface area (Å²) >= 11 is 3.37. The molecule has 1 aliphatic rings. The van der Waals surface area contributed by atoms with Crippen molar-refractivity contribution in [3.63, 3.8) is 0 Å². The Balaban J connectivity index is 2.70. The molecule has 0 amide bonds. The average molecular weight is 298 g/mol. The first-order valence-electron chi connectivity index (χ1n) is 5.52. The van der Waals surface area contributed by atoms with Gasteiger partial charge in [0.25, 0.3) is 0 Å². The molecular formula is C10H20BrNO2S. The van der Waals surface area contributed by atoms with E-state index >= 15 is 0 Å². The van der Waals surface area contributed by atoms with Gasteiger partial charge in [-0.05, 0) is 26.2 Å². The molecule has 15 heavy (non-hydrogen) atoms. The lowest BCUT2D eigenvalue weighted by Gasteiger charge is -2.28. The van der Waals surface area contributed by atoms with Gasteiger partial charge in [-0.2, -0.15) is 0 Å². The quantitative estimate of drug-likeness (QED) is 0.792. The molecule has 1 N–H and O–H groups in total. The van der Waals surface area contributed by atoms with Crippen LogP contribution in [-0.4, -0.2) is 24.5 Å². The van der Waals surface area contributed by atoms with Gasteiger partial charge in [-0.25, -0.2) is 13.1 Å². The predicted octanol–water partition coefficient (Wildman–Crippen LogP) is 2.41. The van der Waals surface area contributed by atoms with Gasteiger partial charge < -0.3 is 0 Å². The molecule has 0 bridgehead atoms. The lowest BCUT2D eigenvalue weighted by Crippen LogP contribution is -2.49. The fraction of sp³-hybridized carbons (Fsp3) is 1.00. The maximum Gasteiger partial charge on any atom is 0.215 e. The van der Waals surface area contributed by atoms with Crippen LogP contribution in [0, 0.1) is 0 Å². The van der Waals surface area contributed by atoms with Crippen LogP contribution < -0.4 is 4.72 Å². The van der Waals surface area contributed by atoms with E-state index in [2.05, 4.69) is 20.7 Å². The summed E-state index contributed by atoms with van der Waals surface area (Å²) in [6.45, 7) is 3.94. The molecule has 1 unspecified atom stereocenters. The SMILES string of the molecule is CCC(C)(CBr)NS(=O)(=O)C1CCCC1. The predicted molar refractivity (Wildman–Crippen MR) is 66.8 cm³/mol. The Kier molecular flexibility index (Phi) is 4.62. The molecule has 1 atom stereocenters. The van der Waals surface area contributed by atoms with Crippen molar-refractivity contribution in [2.45, 2.75) is 56.7 Å². The second-order valence-electron chi connectivity index (χ2n) is 4.60. The highest BCUT2D eigenvalue weighted by Crippen LogP contribution is 2.26. The second kappa shape index (κ2) is 5.15. The van der Waals surface area contributed by atoms with Crippen molar-refractivity contribution in [3.8, 4) is 0 Å². The van der Waals surface area contributed by atoms with Gasteiger partial charge in [0.05, 0.1) is 5.25 Å². The van der Waals surface area contributed by atoms with E-state index in [1.165, 1.54) is 0 Å². The Hall–Kier alpha value is 0.390. The summed E-state index contributed by atoms with van der Waals surface area (Å²) in [6, 6.07) is 0. The molecule has 3 nitrogen and oxygen atoms in total. The van der Waals surface area contributed by atoms with Crippen molar-refractivity contribution in [3.05, 3.63) is 0 Å². The van der Waals surface area contributed by atoms with Crippen LogP contribution in [0.25, 0.3) is 0 Å². The van der Waals surface area contributed by atoms with Crippen LogP contribution in [0.15, 0.2) is 0 Å². The zero-order chi connectivity index (χ0) is 11.5. The minimum absolute atomic E-state index is 0.164. The van der Waals surface area contributed by atoms with Crippen LogP contribution >= 0.6 is 15.9 Å². The molecular weight excluding hydrogens is 278 g/mol. The number of nitrogens with one attached hydrogen (secondary N) is 1. The molecule has 1 aliphatic carbocycles. The molecule has 0 radical (unpaired) electrons. The summed E-state index contributed by atoms with van der Waals surface area (Å²) in [5.41, 5.74) is -0.346. The fourth-order valence-corrected chi connectivity index (χ4v) is 4.57. The smallest absolute Gasteiger partial charge is 0.212 e. The molecule has 0 aliphatic heterocycles. The van der Waals surface area contributed by atoms with Crippen LogP contribution in [0.2, 0.25) is 0 Å². The van der Waals surface area contributed by atoms with Crippen molar-refractivity contribution < 1.29 is 8.42 Å². The summed E-state index contributed by atoms with van der Waals surface area (Å²) < 4.78 is 26.9. The third-order valence-electron chi connectivity index (χ3n) is 3.20. The van der Waals surface area contributed by atoms with Crippen LogP contribution in [0.1, 0.15) is 46.0 Å². The molecule has 0 saturated heterocycles. The van der Waals surface area contributed by atoms with Crippen LogP contribution in [0.4, 0.5) is 0 Å². The first-order valence-corrected chi connectivity index (χ1v) is 8.19.